The molecule has 1 aliphatic heterocycles. The maximum Gasteiger partial charge on any atom is 0.313 e. The second kappa shape index (κ2) is 15.2. The van der Waals surface area contributed by atoms with E-state index in [1.807, 2.05) is 19.0 Å². The van der Waals surface area contributed by atoms with Crippen molar-refractivity contribution in [3.63, 3.8) is 0 Å². The maximum absolute atomic E-state index is 12.0. The van der Waals surface area contributed by atoms with Gasteiger partial charge in [-0.25, -0.2) is 8.42 Å². The van der Waals surface area contributed by atoms with E-state index in [1.165, 1.54) is 44.9 Å². The van der Waals surface area contributed by atoms with E-state index in [0.29, 0.717) is 12.8 Å². The van der Waals surface area contributed by atoms with Gasteiger partial charge in [-0.1, -0.05) is 64.7 Å². The van der Waals surface area contributed by atoms with Crippen LogP contribution in [0.5, 0.6) is 0 Å². The van der Waals surface area contributed by atoms with E-state index in [0.717, 1.165) is 38.6 Å². The number of carbonyl (C=O) groups is 1. The highest BCUT2D eigenvalue weighted by molar-refractivity contribution is 7.91. The average molecular weight is 432 g/mol. The largest absolute Gasteiger partial charge is 0.461 e. The Kier molecular flexibility index (Phi) is 13.9. The molecule has 0 aromatic carbocycles. The number of rotatable bonds is 19. The monoisotopic (exact) mass is 431 g/mol. The van der Waals surface area contributed by atoms with Gasteiger partial charge in [0, 0.05) is 0 Å². The number of hydrogen-bond acceptors (Lipinski definition) is 5. The van der Waals surface area contributed by atoms with Crippen LogP contribution in [0.25, 0.3) is 0 Å². The molecule has 1 fully saturated rings. The second-order valence-electron chi connectivity index (χ2n) is 9.00. The number of hydrogen-bond donors (Lipinski definition) is 0. The zero-order valence-corrected chi connectivity index (χ0v) is 20.0. The fourth-order valence-electron chi connectivity index (χ4n) is 4.01. The molecule has 2 atom stereocenters. The van der Waals surface area contributed by atoms with Crippen molar-refractivity contribution in [3.05, 3.63) is 0 Å². The van der Waals surface area contributed by atoms with Crippen LogP contribution in [0.3, 0.4) is 0 Å². The predicted molar refractivity (Wildman–Crippen MR) is 121 cm³/mol. The molecule has 0 aromatic heterocycles. The second-order valence-corrected chi connectivity index (χ2v) is 11.3. The molecular formula is C23H45NO4S. The lowest BCUT2D eigenvalue weighted by Gasteiger charge is -2.35. The van der Waals surface area contributed by atoms with Crippen LogP contribution in [0.2, 0.25) is 0 Å². The highest BCUT2D eigenvalue weighted by atomic mass is 32.2. The van der Waals surface area contributed by atoms with Gasteiger partial charge in [-0.3, -0.25) is 4.79 Å². The Labute approximate surface area is 179 Å². The highest BCUT2D eigenvalue weighted by Crippen LogP contribution is 2.31. The number of unbranched alkanes of at least 4 members (excludes halogenated alkanes) is 9. The summed E-state index contributed by atoms with van der Waals surface area (Å²) in [6, 6.07) is 0. The first-order valence-electron chi connectivity index (χ1n) is 11.9. The zero-order chi connectivity index (χ0) is 21.5. The summed E-state index contributed by atoms with van der Waals surface area (Å²) in [7, 11) is 0.994. The van der Waals surface area contributed by atoms with Crippen LogP contribution in [0.1, 0.15) is 96.8 Å². The van der Waals surface area contributed by atoms with Crippen molar-refractivity contribution in [1.29, 1.82) is 0 Å². The van der Waals surface area contributed by atoms with Gasteiger partial charge >= 0.3 is 5.97 Å². The molecule has 0 aliphatic carbocycles. The number of carbonyl (C=O) groups excluding carboxylic acids is 1. The fourth-order valence-corrected chi connectivity index (χ4v) is 5.42. The lowest BCUT2D eigenvalue weighted by atomic mass is 9.87. The Morgan fingerprint density at radius 2 is 1.34 bits per heavy atom. The Bertz CT molecular complexity index is 533. The first-order chi connectivity index (χ1) is 13.9. The third-order valence-electron chi connectivity index (χ3n) is 5.89. The van der Waals surface area contributed by atoms with E-state index in [2.05, 4.69) is 6.92 Å². The first kappa shape index (κ1) is 26.4. The van der Waals surface area contributed by atoms with Gasteiger partial charge in [0.1, 0.15) is 15.9 Å². The molecule has 172 valence electrons. The van der Waals surface area contributed by atoms with Gasteiger partial charge in [0.25, 0.3) is 0 Å². The van der Waals surface area contributed by atoms with Crippen molar-refractivity contribution >= 4 is 15.8 Å². The average Bonchev–Trinajstić information content (AvgIpc) is 2.65. The van der Waals surface area contributed by atoms with Gasteiger partial charge in [0.15, 0.2) is 0 Å². The maximum atomic E-state index is 12.0. The zero-order valence-electron chi connectivity index (χ0n) is 19.2. The van der Waals surface area contributed by atoms with E-state index < -0.39 is 9.84 Å². The topological polar surface area (TPSA) is 63.7 Å². The minimum Gasteiger partial charge on any atom is -0.461 e. The van der Waals surface area contributed by atoms with Crippen molar-refractivity contribution in [2.24, 2.45) is 5.92 Å². The molecule has 0 N–H and O–H groups in total. The predicted octanol–water partition coefficient (Wildman–Crippen LogP) is 4.99. The first-order valence-corrected chi connectivity index (χ1v) is 13.7. The number of esters is 1. The third kappa shape index (κ3) is 12.6. The molecule has 0 amide bonds. The number of ether oxygens (including phenoxy) is 1. The van der Waals surface area contributed by atoms with E-state index in [9.17, 15) is 13.2 Å². The molecule has 0 bridgehead atoms. The summed E-state index contributed by atoms with van der Waals surface area (Å²) in [4.78, 5) is 13.8. The summed E-state index contributed by atoms with van der Waals surface area (Å²) in [5, 5.41) is 0. The SMILES string of the molecule is CCCCCCCCCC[C@@H]1C(=O)O[C@H]1CCCCCS(=O)(=O)CCCN(C)C. The Hall–Kier alpha value is -0.620. The van der Waals surface area contributed by atoms with Crippen molar-refractivity contribution < 1.29 is 17.9 Å². The summed E-state index contributed by atoms with van der Waals surface area (Å²) < 4.78 is 29.4. The summed E-state index contributed by atoms with van der Waals surface area (Å²) in [5.41, 5.74) is 0. The molecule has 0 radical (unpaired) electrons. The smallest absolute Gasteiger partial charge is 0.313 e. The van der Waals surface area contributed by atoms with E-state index in [-0.39, 0.29) is 29.5 Å². The van der Waals surface area contributed by atoms with Crippen LogP contribution in [-0.2, 0) is 19.4 Å². The molecule has 6 heteroatoms. The van der Waals surface area contributed by atoms with Crippen LogP contribution in [0.15, 0.2) is 0 Å². The minimum atomic E-state index is -2.93. The minimum absolute atomic E-state index is 0.0265. The number of cyclic esters (lactones) is 1. The van der Waals surface area contributed by atoms with E-state index in [1.54, 1.807) is 0 Å². The lowest BCUT2D eigenvalue weighted by Crippen LogP contribution is -2.44. The van der Waals surface area contributed by atoms with Crippen LogP contribution in [0.4, 0.5) is 0 Å². The Morgan fingerprint density at radius 3 is 1.97 bits per heavy atom. The van der Waals surface area contributed by atoms with Crippen molar-refractivity contribution in [1.82, 2.24) is 4.90 Å². The van der Waals surface area contributed by atoms with Gasteiger partial charge in [-0.05, 0) is 52.7 Å². The van der Waals surface area contributed by atoms with Gasteiger partial charge in [-0.15, -0.1) is 0 Å². The van der Waals surface area contributed by atoms with Crippen LogP contribution in [0, 0.1) is 5.92 Å². The molecule has 0 unspecified atom stereocenters. The molecule has 0 aromatic rings. The van der Waals surface area contributed by atoms with Crippen LogP contribution >= 0.6 is 0 Å². The van der Waals surface area contributed by atoms with Crippen molar-refractivity contribution in [2.45, 2.75) is 103 Å². The van der Waals surface area contributed by atoms with Gasteiger partial charge in [-0.2, -0.15) is 0 Å². The molecule has 1 heterocycles. The number of nitrogens with zero attached hydrogens (tertiary/aromatic N) is 1. The standard InChI is InChI=1S/C23H45NO4S/c1-4-5-6-7-8-9-10-12-16-21-22(28-23(21)25)17-13-11-14-19-29(26,27)20-15-18-24(2)3/h21-22H,4-20H2,1-3H3/t21-,22-/m0/s1. The molecule has 5 nitrogen and oxygen atoms in total. The summed E-state index contributed by atoms with van der Waals surface area (Å²) in [6.45, 7) is 3.05. The molecular weight excluding hydrogens is 386 g/mol. The lowest BCUT2D eigenvalue weighted by molar-refractivity contribution is -0.186. The molecule has 0 saturated carbocycles. The molecule has 1 aliphatic rings. The molecule has 0 spiro atoms. The quantitative estimate of drug-likeness (QED) is 0.213. The van der Waals surface area contributed by atoms with Gasteiger partial charge in [0.2, 0.25) is 0 Å². The Balaban J connectivity index is 2.04. The van der Waals surface area contributed by atoms with E-state index in [4.69, 9.17) is 4.74 Å². The molecule has 29 heavy (non-hydrogen) atoms. The van der Waals surface area contributed by atoms with Crippen LogP contribution in [-0.4, -0.2) is 57.5 Å². The summed E-state index contributed by atoms with van der Waals surface area (Å²) in [6.07, 6.45) is 15.4. The Morgan fingerprint density at radius 1 is 0.793 bits per heavy atom. The number of sulfone groups is 1. The van der Waals surface area contributed by atoms with E-state index >= 15 is 0 Å². The molecule has 1 rings (SSSR count). The molecule has 1 saturated heterocycles. The van der Waals surface area contributed by atoms with Gasteiger partial charge < -0.3 is 9.64 Å². The van der Waals surface area contributed by atoms with Gasteiger partial charge in [0.05, 0.1) is 17.4 Å². The summed E-state index contributed by atoms with van der Waals surface area (Å²) in [5.74, 6) is 0.629. The fraction of sp³-hybridized carbons (Fsp3) is 0.957. The van der Waals surface area contributed by atoms with Crippen molar-refractivity contribution in [3.8, 4) is 0 Å². The normalized spacial score (nSPS) is 19.4. The summed E-state index contributed by atoms with van der Waals surface area (Å²) >= 11 is 0. The highest BCUT2D eigenvalue weighted by Gasteiger charge is 2.40. The third-order valence-corrected chi connectivity index (χ3v) is 7.71. The van der Waals surface area contributed by atoms with Crippen molar-refractivity contribution in [2.75, 3.05) is 32.1 Å². The van der Waals surface area contributed by atoms with Crippen LogP contribution < -0.4 is 0 Å².